The standard InChI is InChI=1S/C25H30N4O2S/c1-18-14-19(2)22-16-20(24(30)27-23(22)15-18)17-29(9-8-28-10-12-31-13-11-28)25(32)26-21-6-4-3-5-7-21/h3-7,14-16H,8-13,17H2,1-2H3,(H,26,32)(H,27,30). The Balaban J connectivity index is 1.57. The maximum Gasteiger partial charge on any atom is 0.253 e. The fourth-order valence-corrected chi connectivity index (χ4v) is 4.38. The van der Waals surface area contributed by atoms with Gasteiger partial charge in [0.2, 0.25) is 0 Å². The van der Waals surface area contributed by atoms with Crippen molar-refractivity contribution >= 4 is 33.9 Å². The summed E-state index contributed by atoms with van der Waals surface area (Å²) in [6, 6.07) is 16.1. The lowest BCUT2D eigenvalue weighted by Gasteiger charge is -2.31. The van der Waals surface area contributed by atoms with Crippen LogP contribution in [0.15, 0.2) is 53.3 Å². The predicted octanol–water partition coefficient (Wildman–Crippen LogP) is 3.68. The van der Waals surface area contributed by atoms with E-state index in [4.69, 9.17) is 17.0 Å². The third-order valence-electron chi connectivity index (χ3n) is 5.85. The molecule has 32 heavy (non-hydrogen) atoms. The van der Waals surface area contributed by atoms with Gasteiger partial charge in [0.1, 0.15) is 0 Å². The summed E-state index contributed by atoms with van der Waals surface area (Å²) in [4.78, 5) is 20.4. The summed E-state index contributed by atoms with van der Waals surface area (Å²) < 4.78 is 5.47. The molecule has 0 amide bonds. The van der Waals surface area contributed by atoms with Crippen LogP contribution in [0, 0.1) is 13.8 Å². The molecule has 0 bridgehead atoms. The van der Waals surface area contributed by atoms with E-state index in [0.717, 1.165) is 67.1 Å². The normalized spacial score (nSPS) is 14.4. The number of thiocarbonyl (C=S) groups is 1. The summed E-state index contributed by atoms with van der Waals surface area (Å²) in [6.45, 7) is 9.51. The van der Waals surface area contributed by atoms with Gasteiger partial charge in [-0.15, -0.1) is 0 Å². The number of hydrogen-bond donors (Lipinski definition) is 2. The summed E-state index contributed by atoms with van der Waals surface area (Å²) in [7, 11) is 0. The fourth-order valence-electron chi connectivity index (χ4n) is 4.10. The summed E-state index contributed by atoms with van der Waals surface area (Å²) in [5.74, 6) is 0. The number of aromatic amines is 1. The fraction of sp³-hybridized carbons (Fsp3) is 0.360. The molecular formula is C25H30N4O2S. The Bertz CT molecular complexity index is 1140. The second-order valence-corrected chi connectivity index (χ2v) is 8.73. The molecule has 0 aliphatic carbocycles. The van der Waals surface area contributed by atoms with Crippen LogP contribution in [0.2, 0.25) is 0 Å². The van der Waals surface area contributed by atoms with Crippen LogP contribution in [-0.2, 0) is 11.3 Å². The van der Waals surface area contributed by atoms with Crippen LogP contribution in [-0.4, -0.2) is 59.3 Å². The third-order valence-corrected chi connectivity index (χ3v) is 6.21. The monoisotopic (exact) mass is 450 g/mol. The Hall–Kier alpha value is -2.74. The highest BCUT2D eigenvalue weighted by molar-refractivity contribution is 7.80. The van der Waals surface area contributed by atoms with E-state index < -0.39 is 0 Å². The number of H-pyrrole nitrogens is 1. The number of fused-ring (bicyclic) bond motifs is 1. The highest BCUT2D eigenvalue weighted by Crippen LogP contribution is 2.19. The van der Waals surface area contributed by atoms with Crippen molar-refractivity contribution in [3.05, 3.63) is 75.6 Å². The van der Waals surface area contributed by atoms with Crippen molar-refractivity contribution in [2.24, 2.45) is 0 Å². The van der Waals surface area contributed by atoms with Gasteiger partial charge in [-0.3, -0.25) is 9.69 Å². The Morgan fingerprint density at radius 3 is 2.66 bits per heavy atom. The second kappa shape index (κ2) is 10.3. The maximum absolute atomic E-state index is 12.9. The number of anilines is 1. The molecule has 7 heteroatoms. The first-order valence-electron chi connectivity index (χ1n) is 11.0. The van der Waals surface area contributed by atoms with Crippen LogP contribution in [0.5, 0.6) is 0 Å². The predicted molar refractivity (Wildman–Crippen MR) is 134 cm³/mol. The molecule has 4 rings (SSSR count). The molecular weight excluding hydrogens is 420 g/mol. The number of nitrogens with zero attached hydrogens (tertiary/aromatic N) is 2. The van der Waals surface area contributed by atoms with Gasteiger partial charge in [-0.1, -0.05) is 24.3 Å². The minimum absolute atomic E-state index is 0.0682. The molecule has 0 unspecified atom stereocenters. The van der Waals surface area contributed by atoms with Crippen LogP contribution in [0.4, 0.5) is 5.69 Å². The number of ether oxygens (including phenoxy) is 1. The summed E-state index contributed by atoms with van der Waals surface area (Å²) in [6.07, 6.45) is 0. The van der Waals surface area contributed by atoms with Crippen LogP contribution in [0.3, 0.4) is 0 Å². The molecule has 0 atom stereocenters. The van der Waals surface area contributed by atoms with Crippen LogP contribution < -0.4 is 10.9 Å². The number of morpholine rings is 1. The maximum atomic E-state index is 12.9. The molecule has 2 aromatic carbocycles. The zero-order chi connectivity index (χ0) is 22.5. The second-order valence-electron chi connectivity index (χ2n) is 8.34. The van der Waals surface area contributed by atoms with E-state index >= 15 is 0 Å². The van der Waals surface area contributed by atoms with Gasteiger partial charge < -0.3 is 19.9 Å². The number of para-hydroxylation sites is 1. The molecule has 3 aromatic rings. The first-order chi connectivity index (χ1) is 15.5. The first kappa shape index (κ1) is 22.5. The lowest BCUT2D eigenvalue weighted by atomic mass is 10.0. The highest BCUT2D eigenvalue weighted by atomic mass is 32.1. The zero-order valence-electron chi connectivity index (χ0n) is 18.7. The van der Waals surface area contributed by atoms with E-state index in [9.17, 15) is 4.79 Å². The molecule has 1 saturated heterocycles. The van der Waals surface area contributed by atoms with Gasteiger partial charge in [-0.05, 0) is 61.5 Å². The lowest BCUT2D eigenvalue weighted by molar-refractivity contribution is 0.0358. The Morgan fingerprint density at radius 2 is 1.91 bits per heavy atom. The molecule has 0 radical (unpaired) electrons. The van der Waals surface area contributed by atoms with Crippen LogP contribution >= 0.6 is 12.2 Å². The minimum Gasteiger partial charge on any atom is -0.379 e. The quantitative estimate of drug-likeness (QED) is 0.559. The van der Waals surface area contributed by atoms with Crippen molar-refractivity contribution in [1.29, 1.82) is 0 Å². The van der Waals surface area contributed by atoms with Crippen molar-refractivity contribution < 1.29 is 4.74 Å². The van der Waals surface area contributed by atoms with E-state index in [1.165, 1.54) is 0 Å². The first-order valence-corrected chi connectivity index (χ1v) is 11.4. The minimum atomic E-state index is -0.0682. The van der Waals surface area contributed by atoms with Crippen molar-refractivity contribution in [2.75, 3.05) is 44.7 Å². The summed E-state index contributed by atoms with van der Waals surface area (Å²) in [5.41, 5.74) is 4.75. The van der Waals surface area contributed by atoms with E-state index in [1.54, 1.807) is 0 Å². The molecule has 168 valence electrons. The van der Waals surface area contributed by atoms with Crippen molar-refractivity contribution in [3.63, 3.8) is 0 Å². The number of aryl methyl sites for hydroxylation is 2. The van der Waals surface area contributed by atoms with Gasteiger partial charge in [0.15, 0.2) is 5.11 Å². The van der Waals surface area contributed by atoms with Crippen LogP contribution in [0.25, 0.3) is 10.9 Å². The third kappa shape index (κ3) is 5.54. The van der Waals surface area contributed by atoms with Gasteiger partial charge >= 0.3 is 0 Å². The molecule has 0 spiro atoms. The molecule has 2 heterocycles. The molecule has 0 saturated carbocycles. The van der Waals surface area contributed by atoms with Crippen molar-refractivity contribution in [3.8, 4) is 0 Å². The number of pyridine rings is 1. The topological polar surface area (TPSA) is 60.6 Å². The van der Waals surface area contributed by atoms with E-state index in [-0.39, 0.29) is 5.56 Å². The SMILES string of the molecule is Cc1cc(C)c2cc(CN(CCN3CCOCC3)C(=S)Nc3ccccc3)c(=O)[nH]c2c1. The van der Waals surface area contributed by atoms with Gasteiger partial charge in [-0.25, -0.2) is 0 Å². The van der Waals surface area contributed by atoms with E-state index in [2.05, 4.69) is 33.1 Å². The van der Waals surface area contributed by atoms with Gasteiger partial charge in [0, 0.05) is 48.3 Å². The number of nitrogens with one attached hydrogen (secondary N) is 2. The van der Waals surface area contributed by atoms with Gasteiger partial charge in [0.25, 0.3) is 5.56 Å². The number of benzene rings is 2. The summed E-state index contributed by atoms with van der Waals surface area (Å²) >= 11 is 5.76. The van der Waals surface area contributed by atoms with Crippen LogP contribution in [0.1, 0.15) is 16.7 Å². The average molecular weight is 451 g/mol. The average Bonchev–Trinajstić information content (AvgIpc) is 2.78. The molecule has 1 aliphatic heterocycles. The van der Waals surface area contributed by atoms with Crippen molar-refractivity contribution in [1.82, 2.24) is 14.8 Å². The lowest BCUT2D eigenvalue weighted by Crippen LogP contribution is -2.44. The molecule has 1 fully saturated rings. The zero-order valence-corrected chi connectivity index (χ0v) is 19.5. The molecule has 1 aliphatic rings. The summed E-state index contributed by atoms with van der Waals surface area (Å²) in [5, 5.41) is 5.01. The Kier molecular flexibility index (Phi) is 7.19. The van der Waals surface area contributed by atoms with Gasteiger partial charge in [0.05, 0.1) is 19.8 Å². The van der Waals surface area contributed by atoms with E-state index in [1.807, 2.05) is 49.4 Å². The molecule has 6 nitrogen and oxygen atoms in total. The number of aromatic nitrogens is 1. The van der Waals surface area contributed by atoms with Gasteiger partial charge in [-0.2, -0.15) is 0 Å². The molecule has 2 N–H and O–H groups in total. The number of hydrogen-bond acceptors (Lipinski definition) is 4. The smallest absolute Gasteiger partial charge is 0.253 e. The van der Waals surface area contributed by atoms with E-state index in [0.29, 0.717) is 17.2 Å². The number of rotatable bonds is 6. The van der Waals surface area contributed by atoms with Crippen molar-refractivity contribution in [2.45, 2.75) is 20.4 Å². The Morgan fingerprint density at radius 1 is 1.16 bits per heavy atom. The Labute approximate surface area is 194 Å². The largest absolute Gasteiger partial charge is 0.379 e. The highest BCUT2D eigenvalue weighted by Gasteiger charge is 2.17. The molecule has 1 aromatic heterocycles.